The predicted molar refractivity (Wildman–Crippen MR) is 68.0 cm³/mol. The van der Waals surface area contributed by atoms with Crippen LogP contribution in [0.15, 0.2) is 53.1 Å². The molecule has 0 amide bonds. The summed E-state index contributed by atoms with van der Waals surface area (Å²) >= 11 is 5.82. The number of nitrogens with zero attached hydrogens (tertiary/aromatic N) is 3. The third-order valence-corrected chi connectivity index (χ3v) is 2.65. The largest absolute Gasteiger partial charge is 0.415 e. The molecule has 5 heteroatoms. The molecule has 2 aromatic heterocycles. The Hall–Kier alpha value is -2.20. The van der Waals surface area contributed by atoms with E-state index in [0.29, 0.717) is 22.5 Å². The molecule has 0 unspecified atom stereocenters. The highest BCUT2D eigenvalue weighted by atomic mass is 35.5. The van der Waals surface area contributed by atoms with Crippen LogP contribution < -0.4 is 0 Å². The van der Waals surface area contributed by atoms with Crippen molar-refractivity contribution in [1.82, 2.24) is 15.2 Å². The normalized spacial score (nSPS) is 10.5. The van der Waals surface area contributed by atoms with Crippen LogP contribution in [0, 0.1) is 0 Å². The lowest BCUT2D eigenvalue weighted by atomic mass is 10.2. The van der Waals surface area contributed by atoms with Crippen LogP contribution in [0.5, 0.6) is 0 Å². The van der Waals surface area contributed by atoms with E-state index in [1.54, 1.807) is 18.3 Å². The van der Waals surface area contributed by atoms with Crippen molar-refractivity contribution >= 4 is 11.6 Å². The summed E-state index contributed by atoms with van der Waals surface area (Å²) in [7, 11) is 0. The van der Waals surface area contributed by atoms with E-state index in [1.807, 2.05) is 30.3 Å². The van der Waals surface area contributed by atoms with E-state index < -0.39 is 0 Å². The van der Waals surface area contributed by atoms with Crippen molar-refractivity contribution in [3.8, 4) is 23.0 Å². The fourth-order valence-electron chi connectivity index (χ4n) is 1.53. The first-order valence-corrected chi connectivity index (χ1v) is 5.71. The van der Waals surface area contributed by atoms with Crippen LogP contribution in [-0.2, 0) is 0 Å². The third-order valence-electron chi connectivity index (χ3n) is 2.40. The molecule has 0 radical (unpaired) electrons. The summed E-state index contributed by atoms with van der Waals surface area (Å²) in [6.45, 7) is 0. The minimum absolute atomic E-state index is 0.403. The van der Waals surface area contributed by atoms with Crippen LogP contribution in [0.2, 0.25) is 5.02 Å². The third kappa shape index (κ3) is 2.10. The molecule has 0 fully saturated rings. The lowest BCUT2D eigenvalue weighted by Crippen LogP contribution is -1.80. The average molecular weight is 258 g/mol. The standard InChI is InChI=1S/C13H8ClN3O/c14-10-6-4-9(5-7-10)12-16-17-13(18-12)11-3-1-2-8-15-11/h1-8H. The first-order chi connectivity index (χ1) is 8.83. The molecule has 0 atom stereocenters. The van der Waals surface area contributed by atoms with Gasteiger partial charge in [0.05, 0.1) is 0 Å². The number of rotatable bonds is 2. The van der Waals surface area contributed by atoms with Gasteiger partial charge in [0.15, 0.2) is 0 Å². The first-order valence-electron chi connectivity index (χ1n) is 5.34. The number of pyridine rings is 1. The van der Waals surface area contributed by atoms with Gasteiger partial charge in [0.2, 0.25) is 5.89 Å². The first kappa shape index (κ1) is 10.9. The highest BCUT2D eigenvalue weighted by Crippen LogP contribution is 2.23. The van der Waals surface area contributed by atoms with E-state index in [1.165, 1.54) is 0 Å². The Kier molecular flexibility index (Phi) is 2.78. The van der Waals surface area contributed by atoms with Gasteiger partial charge in [-0.25, -0.2) is 0 Å². The Morgan fingerprint density at radius 2 is 1.67 bits per heavy atom. The van der Waals surface area contributed by atoms with Crippen LogP contribution in [-0.4, -0.2) is 15.2 Å². The zero-order valence-corrected chi connectivity index (χ0v) is 10.0. The molecule has 0 aliphatic carbocycles. The molecule has 4 nitrogen and oxygen atoms in total. The molecular formula is C13H8ClN3O. The highest BCUT2D eigenvalue weighted by Gasteiger charge is 2.10. The van der Waals surface area contributed by atoms with E-state index >= 15 is 0 Å². The Balaban J connectivity index is 1.97. The fraction of sp³-hybridized carbons (Fsp3) is 0. The van der Waals surface area contributed by atoms with Gasteiger partial charge in [0, 0.05) is 16.8 Å². The van der Waals surface area contributed by atoms with Crippen LogP contribution in [0.3, 0.4) is 0 Å². The van der Waals surface area contributed by atoms with Crippen molar-refractivity contribution in [2.75, 3.05) is 0 Å². The molecule has 0 aliphatic rings. The van der Waals surface area contributed by atoms with Crippen molar-refractivity contribution in [3.63, 3.8) is 0 Å². The molecule has 0 saturated heterocycles. The van der Waals surface area contributed by atoms with E-state index in [2.05, 4.69) is 15.2 Å². The number of hydrogen-bond acceptors (Lipinski definition) is 4. The summed E-state index contributed by atoms with van der Waals surface area (Å²) in [5.74, 6) is 0.855. The number of hydrogen-bond donors (Lipinski definition) is 0. The number of halogens is 1. The minimum Gasteiger partial charge on any atom is -0.415 e. The summed E-state index contributed by atoms with van der Waals surface area (Å²) in [4.78, 5) is 4.15. The molecule has 0 saturated carbocycles. The van der Waals surface area contributed by atoms with E-state index in [9.17, 15) is 0 Å². The molecule has 0 aliphatic heterocycles. The number of benzene rings is 1. The topological polar surface area (TPSA) is 51.8 Å². The lowest BCUT2D eigenvalue weighted by molar-refractivity contribution is 0.582. The van der Waals surface area contributed by atoms with Gasteiger partial charge >= 0.3 is 0 Å². The second kappa shape index (κ2) is 4.58. The zero-order valence-electron chi connectivity index (χ0n) is 9.25. The molecule has 18 heavy (non-hydrogen) atoms. The molecule has 0 N–H and O–H groups in total. The van der Waals surface area contributed by atoms with Crippen molar-refractivity contribution in [2.24, 2.45) is 0 Å². The maximum absolute atomic E-state index is 5.82. The van der Waals surface area contributed by atoms with Crippen molar-refractivity contribution in [2.45, 2.75) is 0 Å². The SMILES string of the molecule is Clc1ccc(-c2nnc(-c3ccccn3)o2)cc1. The summed E-state index contributed by atoms with van der Waals surface area (Å²) in [6.07, 6.45) is 1.68. The summed E-state index contributed by atoms with van der Waals surface area (Å²) < 4.78 is 5.57. The Morgan fingerprint density at radius 1 is 0.889 bits per heavy atom. The molecule has 88 valence electrons. The average Bonchev–Trinajstić information content (AvgIpc) is 2.90. The van der Waals surface area contributed by atoms with Crippen LogP contribution in [0.1, 0.15) is 0 Å². The van der Waals surface area contributed by atoms with E-state index in [-0.39, 0.29) is 0 Å². The Labute approximate surface area is 108 Å². The smallest absolute Gasteiger partial charge is 0.266 e. The Bertz CT molecular complexity index is 650. The van der Waals surface area contributed by atoms with Gasteiger partial charge in [0.25, 0.3) is 5.89 Å². The van der Waals surface area contributed by atoms with Crippen molar-refractivity contribution < 1.29 is 4.42 Å². The predicted octanol–water partition coefficient (Wildman–Crippen LogP) is 3.45. The fourth-order valence-corrected chi connectivity index (χ4v) is 1.65. The van der Waals surface area contributed by atoms with Crippen molar-refractivity contribution in [3.05, 3.63) is 53.7 Å². The van der Waals surface area contributed by atoms with Crippen LogP contribution in [0.4, 0.5) is 0 Å². The van der Waals surface area contributed by atoms with Crippen molar-refractivity contribution in [1.29, 1.82) is 0 Å². The highest BCUT2D eigenvalue weighted by molar-refractivity contribution is 6.30. The second-order valence-corrected chi connectivity index (χ2v) is 4.07. The maximum Gasteiger partial charge on any atom is 0.266 e. The summed E-state index contributed by atoms with van der Waals surface area (Å²) in [5.41, 5.74) is 1.49. The van der Waals surface area contributed by atoms with Gasteiger partial charge in [-0.15, -0.1) is 10.2 Å². The van der Waals surface area contributed by atoms with Gasteiger partial charge in [-0.3, -0.25) is 4.98 Å². The van der Waals surface area contributed by atoms with Gasteiger partial charge in [0.1, 0.15) is 5.69 Å². The molecule has 3 aromatic rings. The molecule has 0 bridgehead atoms. The molecular weight excluding hydrogens is 250 g/mol. The van der Waals surface area contributed by atoms with Gasteiger partial charge in [-0.1, -0.05) is 17.7 Å². The minimum atomic E-state index is 0.403. The van der Waals surface area contributed by atoms with Gasteiger partial charge in [-0.05, 0) is 36.4 Å². The maximum atomic E-state index is 5.82. The molecule has 2 heterocycles. The van der Waals surface area contributed by atoms with Crippen LogP contribution >= 0.6 is 11.6 Å². The van der Waals surface area contributed by atoms with E-state index in [4.69, 9.17) is 16.0 Å². The quantitative estimate of drug-likeness (QED) is 0.706. The zero-order chi connectivity index (χ0) is 12.4. The Morgan fingerprint density at radius 3 is 2.39 bits per heavy atom. The molecule has 0 spiro atoms. The van der Waals surface area contributed by atoms with Gasteiger partial charge < -0.3 is 4.42 Å². The van der Waals surface area contributed by atoms with Gasteiger partial charge in [-0.2, -0.15) is 0 Å². The van der Waals surface area contributed by atoms with E-state index in [0.717, 1.165) is 5.56 Å². The summed E-state index contributed by atoms with van der Waals surface area (Å²) in [6, 6.07) is 12.7. The molecule has 3 rings (SSSR count). The second-order valence-electron chi connectivity index (χ2n) is 3.63. The summed E-state index contributed by atoms with van der Waals surface area (Å²) in [5, 5.41) is 8.64. The number of aromatic nitrogens is 3. The monoisotopic (exact) mass is 257 g/mol. The van der Waals surface area contributed by atoms with Crippen LogP contribution in [0.25, 0.3) is 23.0 Å². The lowest BCUT2D eigenvalue weighted by Gasteiger charge is -1.94. The molecule has 1 aromatic carbocycles.